The van der Waals surface area contributed by atoms with Crippen LogP contribution in [0.15, 0.2) is 64.6 Å². The van der Waals surface area contributed by atoms with Crippen molar-refractivity contribution in [2.24, 2.45) is 4.99 Å². The van der Waals surface area contributed by atoms with Crippen molar-refractivity contribution < 1.29 is 0 Å². The maximum atomic E-state index is 12.6. The van der Waals surface area contributed by atoms with E-state index in [1.165, 1.54) is 10.9 Å². The van der Waals surface area contributed by atoms with Crippen LogP contribution in [0.1, 0.15) is 5.56 Å². The molecule has 0 amide bonds. The lowest BCUT2D eigenvalue weighted by atomic mass is 10.2. The largest absolute Gasteiger partial charge is 0.294 e. The third kappa shape index (κ3) is 3.28. The quantitative estimate of drug-likeness (QED) is 0.695. The Kier molecular flexibility index (Phi) is 4.18. The van der Waals surface area contributed by atoms with E-state index in [2.05, 4.69) is 9.98 Å². The minimum atomic E-state index is -0.183. The van der Waals surface area contributed by atoms with E-state index < -0.39 is 0 Å². The molecule has 0 fully saturated rings. The predicted octanol–water partition coefficient (Wildman–Crippen LogP) is 3.24. The first-order chi connectivity index (χ1) is 11.2. The summed E-state index contributed by atoms with van der Waals surface area (Å²) in [6.45, 7) is 0.440. The van der Waals surface area contributed by atoms with Gasteiger partial charge in [0, 0.05) is 0 Å². The average Bonchev–Trinajstić information content (AvgIpc) is 2.58. The number of aromatic nitrogens is 2. The Morgan fingerprint density at radius 2 is 2.04 bits per heavy atom. The van der Waals surface area contributed by atoms with Gasteiger partial charge in [-0.1, -0.05) is 41.9 Å². The van der Waals surface area contributed by atoms with Gasteiger partial charge in [-0.2, -0.15) is 5.26 Å². The summed E-state index contributed by atoms with van der Waals surface area (Å²) in [5.74, 6) is 0. The van der Waals surface area contributed by atoms with Crippen LogP contribution in [-0.2, 0) is 6.54 Å². The first kappa shape index (κ1) is 14.9. The number of fused-ring (bicyclic) bond motifs is 1. The summed E-state index contributed by atoms with van der Waals surface area (Å²) in [5.41, 5.74) is 1.87. The fourth-order valence-electron chi connectivity index (χ4n) is 2.25. The molecule has 5 nitrogen and oxygen atoms in total. The summed E-state index contributed by atoms with van der Waals surface area (Å²) < 4.78 is 1.54. The number of aliphatic imine (C=N–C) groups is 1. The summed E-state index contributed by atoms with van der Waals surface area (Å²) in [6.07, 6.45) is 1.53. The number of nitriles is 1. The molecule has 23 heavy (non-hydrogen) atoms. The summed E-state index contributed by atoms with van der Waals surface area (Å²) in [4.78, 5) is 20.8. The molecule has 0 saturated heterocycles. The van der Waals surface area contributed by atoms with Gasteiger partial charge in [0.1, 0.15) is 6.07 Å². The van der Waals surface area contributed by atoms with Gasteiger partial charge in [0.25, 0.3) is 5.56 Å². The highest BCUT2D eigenvalue weighted by Crippen LogP contribution is 2.18. The number of halogens is 1. The molecule has 0 aliphatic carbocycles. The third-order valence-electron chi connectivity index (χ3n) is 3.32. The molecular weight excluding hydrogens is 312 g/mol. The Morgan fingerprint density at radius 3 is 2.78 bits per heavy atom. The second-order valence-corrected chi connectivity index (χ2v) is 5.24. The molecule has 0 aliphatic heterocycles. The van der Waals surface area contributed by atoms with Crippen LogP contribution in [0.2, 0.25) is 0 Å². The molecule has 0 radical (unpaired) electrons. The molecule has 0 atom stereocenters. The van der Waals surface area contributed by atoms with Crippen molar-refractivity contribution in [2.45, 2.75) is 6.54 Å². The molecule has 0 spiro atoms. The van der Waals surface area contributed by atoms with Crippen molar-refractivity contribution in [3.8, 4) is 6.07 Å². The first-order valence-corrected chi connectivity index (χ1v) is 7.22. The molecule has 3 aromatic rings. The molecule has 112 valence electrons. The maximum Gasteiger partial charge on any atom is 0.261 e. The minimum absolute atomic E-state index is 0.163. The number of hydrogen-bond acceptors (Lipinski definition) is 4. The van der Waals surface area contributed by atoms with Crippen LogP contribution >= 0.6 is 11.6 Å². The summed E-state index contributed by atoms with van der Waals surface area (Å²) >= 11 is 5.62. The molecule has 0 unspecified atom stereocenters. The second kappa shape index (κ2) is 6.42. The highest BCUT2D eigenvalue weighted by Gasteiger charge is 2.06. The van der Waals surface area contributed by atoms with E-state index in [1.54, 1.807) is 24.3 Å². The van der Waals surface area contributed by atoms with Gasteiger partial charge in [0.05, 0.1) is 29.5 Å². The van der Waals surface area contributed by atoms with Gasteiger partial charge in [-0.05, 0) is 23.8 Å². The van der Waals surface area contributed by atoms with E-state index in [4.69, 9.17) is 16.9 Å². The predicted molar refractivity (Wildman–Crippen MR) is 90.1 cm³/mol. The van der Waals surface area contributed by atoms with Crippen molar-refractivity contribution in [1.82, 2.24) is 9.55 Å². The number of hydrogen-bond donors (Lipinski definition) is 0. The van der Waals surface area contributed by atoms with Crippen molar-refractivity contribution in [3.63, 3.8) is 0 Å². The fourth-order valence-corrected chi connectivity index (χ4v) is 2.35. The van der Waals surface area contributed by atoms with Crippen LogP contribution in [0.5, 0.6) is 0 Å². The van der Waals surface area contributed by atoms with Crippen LogP contribution in [0.3, 0.4) is 0 Å². The van der Waals surface area contributed by atoms with Crippen LogP contribution in [0.4, 0.5) is 5.69 Å². The van der Waals surface area contributed by atoms with Gasteiger partial charge < -0.3 is 0 Å². The summed E-state index contributed by atoms with van der Waals surface area (Å²) in [6, 6.07) is 16.3. The van der Waals surface area contributed by atoms with E-state index in [-0.39, 0.29) is 10.7 Å². The molecule has 1 heterocycles. The van der Waals surface area contributed by atoms with Crippen LogP contribution in [-0.4, -0.2) is 14.7 Å². The highest BCUT2D eigenvalue weighted by atomic mass is 35.5. The molecule has 3 rings (SSSR count). The van der Waals surface area contributed by atoms with Gasteiger partial charge in [0.15, 0.2) is 0 Å². The van der Waals surface area contributed by atoms with E-state index >= 15 is 0 Å². The molecule has 1 aromatic heterocycles. The molecule has 0 saturated carbocycles. The lowest BCUT2D eigenvalue weighted by molar-refractivity contribution is 0.748. The third-order valence-corrected chi connectivity index (χ3v) is 3.49. The first-order valence-electron chi connectivity index (χ1n) is 6.85. The van der Waals surface area contributed by atoms with Crippen molar-refractivity contribution >= 4 is 33.4 Å². The van der Waals surface area contributed by atoms with Gasteiger partial charge in [0.2, 0.25) is 5.17 Å². The zero-order valence-corrected chi connectivity index (χ0v) is 12.7. The van der Waals surface area contributed by atoms with Crippen LogP contribution < -0.4 is 5.56 Å². The van der Waals surface area contributed by atoms with Crippen molar-refractivity contribution in [3.05, 3.63) is 70.8 Å². The van der Waals surface area contributed by atoms with E-state index in [1.807, 2.05) is 30.3 Å². The van der Waals surface area contributed by atoms with Crippen LogP contribution in [0.25, 0.3) is 10.9 Å². The molecule has 2 aromatic carbocycles. The fraction of sp³-hybridized carbons (Fsp3) is 0.0588. The normalized spacial score (nSPS) is 11.4. The molecule has 0 N–H and O–H groups in total. The Labute approximate surface area is 137 Å². The van der Waals surface area contributed by atoms with Gasteiger partial charge in [-0.15, -0.1) is 0 Å². The smallest absolute Gasteiger partial charge is 0.261 e. The van der Waals surface area contributed by atoms with Crippen molar-refractivity contribution in [2.75, 3.05) is 0 Å². The van der Waals surface area contributed by atoms with E-state index in [0.29, 0.717) is 23.1 Å². The molecule has 0 bridgehead atoms. The SMILES string of the molecule is N#CC(Cl)=Nc1ccc2ncn(Cc3ccccc3)c(=O)c2c1. The Hall–Kier alpha value is -2.97. The highest BCUT2D eigenvalue weighted by molar-refractivity contribution is 6.69. The number of benzene rings is 2. The van der Waals surface area contributed by atoms with E-state index in [0.717, 1.165) is 5.56 Å². The minimum Gasteiger partial charge on any atom is -0.294 e. The Bertz CT molecular complexity index is 987. The second-order valence-electron chi connectivity index (χ2n) is 4.88. The standard InChI is InChI=1S/C17H11ClN4O/c18-16(9-19)21-13-6-7-15-14(8-13)17(23)22(11-20-15)10-12-4-2-1-3-5-12/h1-8,11H,10H2. The average molecular weight is 323 g/mol. The van der Waals surface area contributed by atoms with Gasteiger partial charge in [-0.25, -0.2) is 9.98 Å². The lowest BCUT2D eigenvalue weighted by Crippen LogP contribution is -2.21. The summed E-state index contributed by atoms with van der Waals surface area (Å²) in [5, 5.41) is 8.94. The van der Waals surface area contributed by atoms with Crippen molar-refractivity contribution in [1.29, 1.82) is 5.26 Å². The molecule has 6 heteroatoms. The zero-order chi connectivity index (χ0) is 16.2. The lowest BCUT2D eigenvalue weighted by Gasteiger charge is -2.07. The molecular formula is C17H11ClN4O. The topological polar surface area (TPSA) is 71.0 Å². The number of rotatable bonds is 3. The number of nitrogens with zero attached hydrogens (tertiary/aromatic N) is 4. The monoisotopic (exact) mass is 322 g/mol. The molecule has 0 aliphatic rings. The van der Waals surface area contributed by atoms with Crippen LogP contribution in [0, 0.1) is 11.3 Å². The zero-order valence-electron chi connectivity index (χ0n) is 12.0. The summed E-state index contributed by atoms with van der Waals surface area (Å²) in [7, 11) is 0. The van der Waals surface area contributed by atoms with Gasteiger partial charge in [-0.3, -0.25) is 9.36 Å². The van der Waals surface area contributed by atoms with Gasteiger partial charge >= 0.3 is 0 Å². The van der Waals surface area contributed by atoms with E-state index in [9.17, 15) is 4.79 Å². The Morgan fingerprint density at radius 1 is 1.26 bits per heavy atom. The Balaban J connectivity index is 2.07. The maximum absolute atomic E-state index is 12.6.